The third kappa shape index (κ3) is 3.42. The van der Waals surface area contributed by atoms with Gasteiger partial charge in [0, 0.05) is 5.02 Å². The Bertz CT molecular complexity index is 624. The lowest BCUT2D eigenvalue weighted by molar-refractivity contribution is 0.297. The zero-order valence-corrected chi connectivity index (χ0v) is 13.4. The van der Waals surface area contributed by atoms with Crippen molar-refractivity contribution in [1.82, 2.24) is 15.5 Å². The fourth-order valence-corrected chi connectivity index (χ4v) is 2.74. The summed E-state index contributed by atoms with van der Waals surface area (Å²) >= 11 is 6.10. The normalized spacial score (nSPS) is 18.4. The molecule has 3 rings (SSSR count). The summed E-state index contributed by atoms with van der Waals surface area (Å²) in [6.07, 6.45) is 4.33. The van der Waals surface area contributed by atoms with E-state index in [-0.39, 0.29) is 6.04 Å². The van der Waals surface area contributed by atoms with Crippen molar-refractivity contribution in [2.24, 2.45) is 0 Å². The van der Waals surface area contributed by atoms with E-state index in [0.29, 0.717) is 23.3 Å². The van der Waals surface area contributed by atoms with Crippen LogP contribution >= 0.6 is 11.6 Å². The summed E-state index contributed by atoms with van der Waals surface area (Å²) in [5, 5.41) is 8.14. The van der Waals surface area contributed by atoms with Crippen LogP contribution in [0.4, 0.5) is 0 Å². The monoisotopic (exact) mass is 321 g/mol. The number of nitrogens with zero attached hydrogens (tertiary/aromatic N) is 2. The van der Waals surface area contributed by atoms with Crippen LogP contribution in [0.25, 0.3) is 11.4 Å². The number of ether oxygens (including phenoxy) is 1. The molecule has 1 aliphatic rings. The second-order valence-corrected chi connectivity index (χ2v) is 5.88. The van der Waals surface area contributed by atoms with Gasteiger partial charge in [-0.2, -0.15) is 4.98 Å². The van der Waals surface area contributed by atoms with Gasteiger partial charge in [0.25, 0.3) is 0 Å². The lowest BCUT2D eigenvalue weighted by Gasteiger charge is -2.19. The average molecular weight is 322 g/mol. The first-order valence-electron chi connectivity index (χ1n) is 7.77. The lowest BCUT2D eigenvalue weighted by atomic mass is 10.1. The van der Waals surface area contributed by atoms with Gasteiger partial charge in [0.05, 0.1) is 18.2 Å². The van der Waals surface area contributed by atoms with Crippen molar-refractivity contribution in [1.29, 1.82) is 0 Å². The molecule has 6 heteroatoms. The van der Waals surface area contributed by atoms with Crippen LogP contribution in [0.5, 0.6) is 5.75 Å². The van der Waals surface area contributed by atoms with Gasteiger partial charge in [0.1, 0.15) is 5.75 Å². The van der Waals surface area contributed by atoms with E-state index in [1.807, 2.05) is 12.1 Å². The number of piperidine rings is 1. The maximum absolute atomic E-state index is 6.10. The summed E-state index contributed by atoms with van der Waals surface area (Å²) in [4.78, 5) is 4.54. The van der Waals surface area contributed by atoms with Crippen molar-refractivity contribution in [2.45, 2.75) is 38.6 Å². The summed E-state index contributed by atoms with van der Waals surface area (Å²) in [5.74, 6) is 1.89. The maximum Gasteiger partial charge on any atom is 0.244 e. The fourth-order valence-electron chi connectivity index (χ4n) is 2.56. The fraction of sp³-hybridized carbons (Fsp3) is 0.500. The number of nitrogens with one attached hydrogen (secondary N) is 1. The minimum absolute atomic E-state index is 0.147. The second kappa shape index (κ2) is 7.11. The number of benzene rings is 1. The molecule has 1 N–H and O–H groups in total. The molecule has 2 heterocycles. The first-order chi connectivity index (χ1) is 10.8. The van der Waals surface area contributed by atoms with E-state index in [2.05, 4.69) is 22.4 Å². The Morgan fingerprint density at radius 1 is 1.41 bits per heavy atom. The highest BCUT2D eigenvalue weighted by atomic mass is 35.5. The Kier molecular flexibility index (Phi) is 4.95. The van der Waals surface area contributed by atoms with Gasteiger partial charge >= 0.3 is 0 Å². The Labute approximate surface area is 135 Å². The molecule has 2 aromatic rings. The predicted molar refractivity (Wildman–Crippen MR) is 85.1 cm³/mol. The van der Waals surface area contributed by atoms with Gasteiger partial charge in [-0.3, -0.25) is 0 Å². The van der Waals surface area contributed by atoms with Crippen LogP contribution in [0, 0.1) is 0 Å². The van der Waals surface area contributed by atoms with E-state index in [0.717, 1.165) is 30.7 Å². The highest BCUT2D eigenvalue weighted by Crippen LogP contribution is 2.32. The van der Waals surface area contributed by atoms with Crippen LogP contribution in [-0.4, -0.2) is 23.3 Å². The molecule has 0 spiro atoms. The molecule has 0 unspecified atom stereocenters. The van der Waals surface area contributed by atoms with Crippen molar-refractivity contribution in [3.63, 3.8) is 0 Å². The zero-order valence-electron chi connectivity index (χ0n) is 12.6. The van der Waals surface area contributed by atoms with Crippen LogP contribution in [0.15, 0.2) is 22.7 Å². The van der Waals surface area contributed by atoms with E-state index in [1.165, 1.54) is 12.8 Å². The largest absolute Gasteiger partial charge is 0.493 e. The van der Waals surface area contributed by atoms with Crippen LogP contribution in [0.1, 0.15) is 44.5 Å². The number of hydrogen-bond donors (Lipinski definition) is 1. The predicted octanol–water partition coefficient (Wildman–Crippen LogP) is 3.99. The van der Waals surface area contributed by atoms with E-state index in [9.17, 15) is 0 Å². The molecule has 1 aromatic heterocycles. The molecular weight excluding hydrogens is 302 g/mol. The molecule has 118 valence electrons. The average Bonchev–Trinajstić information content (AvgIpc) is 3.04. The van der Waals surface area contributed by atoms with Gasteiger partial charge in [-0.1, -0.05) is 30.1 Å². The van der Waals surface area contributed by atoms with Crippen LogP contribution in [0.2, 0.25) is 5.02 Å². The molecule has 1 saturated heterocycles. The standard InChI is InChI=1S/C16H20ClN3O2/c1-2-9-21-14-7-6-11(17)10-12(14)15-19-16(22-20-15)13-5-3-4-8-18-13/h6-7,10,13,18H,2-5,8-9H2,1H3/t13-/m1/s1. The molecule has 1 aromatic carbocycles. The summed E-state index contributed by atoms with van der Waals surface area (Å²) in [7, 11) is 0. The third-order valence-electron chi connectivity index (χ3n) is 3.69. The van der Waals surface area contributed by atoms with Crippen molar-refractivity contribution >= 4 is 11.6 Å². The molecule has 1 fully saturated rings. The molecule has 0 amide bonds. The third-order valence-corrected chi connectivity index (χ3v) is 3.93. The topological polar surface area (TPSA) is 60.2 Å². The molecule has 0 aliphatic carbocycles. The maximum atomic E-state index is 6.10. The Morgan fingerprint density at radius 3 is 3.09 bits per heavy atom. The highest BCUT2D eigenvalue weighted by molar-refractivity contribution is 6.30. The molecule has 0 radical (unpaired) electrons. The van der Waals surface area contributed by atoms with Gasteiger partial charge in [-0.25, -0.2) is 0 Å². The molecule has 22 heavy (non-hydrogen) atoms. The summed E-state index contributed by atoms with van der Waals surface area (Å²) in [6, 6.07) is 5.62. The first-order valence-corrected chi connectivity index (χ1v) is 8.15. The van der Waals surface area contributed by atoms with E-state index < -0.39 is 0 Å². The van der Waals surface area contributed by atoms with E-state index in [4.69, 9.17) is 20.9 Å². The molecular formula is C16H20ClN3O2. The van der Waals surface area contributed by atoms with E-state index in [1.54, 1.807) is 6.07 Å². The lowest BCUT2D eigenvalue weighted by Crippen LogP contribution is -2.26. The van der Waals surface area contributed by atoms with E-state index >= 15 is 0 Å². The molecule has 1 aliphatic heterocycles. The molecule has 0 bridgehead atoms. The number of hydrogen-bond acceptors (Lipinski definition) is 5. The number of rotatable bonds is 5. The van der Waals surface area contributed by atoms with Crippen molar-refractivity contribution in [3.8, 4) is 17.1 Å². The van der Waals surface area contributed by atoms with Gasteiger partial charge in [-0.05, 0) is 44.0 Å². The Balaban J connectivity index is 1.86. The minimum Gasteiger partial charge on any atom is -0.493 e. The van der Waals surface area contributed by atoms with Gasteiger partial charge in [0.2, 0.25) is 11.7 Å². The van der Waals surface area contributed by atoms with Crippen LogP contribution in [0.3, 0.4) is 0 Å². The first kappa shape index (κ1) is 15.3. The Hall–Kier alpha value is -1.59. The molecule has 0 saturated carbocycles. The second-order valence-electron chi connectivity index (χ2n) is 5.45. The molecule has 1 atom stereocenters. The summed E-state index contributed by atoms with van der Waals surface area (Å²) in [5.41, 5.74) is 0.770. The van der Waals surface area contributed by atoms with Crippen molar-refractivity contribution in [2.75, 3.05) is 13.2 Å². The minimum atomic E-state index is 0.147. The van der Waals surface area contributed by atoms with Crippen LogP contribution < -0.4 is 10.1 Å². The summed E-state index contributed by atoms with van der Waals surface area (Å²) in [6.45, 7) is 3.70. The van der Waals surface area contributed by atoms with Gasteiger partial charge in [-0.15, -0.1) is 0 Å². The Morgan fingerprint density at radius 2 is 2.32 bits per heavy atom. The SMILES string of the molecule is CCCOc1ccc(Cl)cc1-c1noc([C@H]2CCCCN2)n1. The number of halogens is 1. The van der Waals surface area contributed by atoms with Gasteiger partial charge < -0.3 is 14.6 Å². The zero-order chi connectivity index (χ0) is 15.4. The van der Waals surface area contributed by atoms with Crippen molar-refractivity contribution in [3.05, 3.63) is 29.1 Å². The van der Waals surface area contributed by atoms with Crippen LogP contribution in [-0.2, 0) is 0 Å². The number of aromatic nitrogens is 2. The smallest absolute Gasteiger partial charge is 0.244 e. The summed E-state index contributed by atoms with van der Waals surface area (Å²) < 4.78 is 11.2. The van der Waals surface area contributed by atoms with Crippen molar-refractivity contribution < 1.29 is 9.26 Å². The quantitative estimate of drug-likeness (QED) is 0.902. The molecule has 5 nitrogen and oxygen atoms in total. The highest BCUT2D eigenvalue weighted by Gasteiger charge is 2.22. The van der Waals surface area contributed by atoms with Gasteiger partial charge in [0.15, 0.2) is 0 Å².